The summed E-state index contributed by atoms with van der Waals surface area (Å²) in [6, 6.07) is 1.79. The normalized spacial score (nSPS) is 20.2. The molecule has 1 rings (SSSR count). The molecule has 0 amide bonds. The minimum atomic E-state index is -4.16. The highest BCUT2D eigenvalue weighted by molar-refractivity contribution is 5.07. The molecule has 0 heterocycles. The average Bonchev–Trinajstić information content (AvgIpc) is 2.67. The molecule has 1 saturated carbocycles. The van der Waals surface area contributed by atoms with Crippen LogP contribution >= 0.6 is 0 Å². The Morgan fingerprint density at radius 3 is 2.33 bits per heavy atom. The van der Waals surface area contributed by atoms with Gasteiger partial charge in [-0.1, -0.05) is 0 Å². The predicted octanol–water partition coefficient (Wildman–Crippen LogP) is 1.58. The Hall–Kier alpha value is -0.760. The Balaban J connectivity index is 2.36. The largest absolute Gasteiger partial charge is 0.406 e. The maximum Gasteiger partial charge on any atom is 0.406 e. The molecule has 0 aromatic heterocycles. The summed E-state index contributed by atoms with van der Waals surface area (Å²) in [4.78, 5) is 0. The number of nitrogens with zero attached hydrogens (tertiary/aromatic N) is 1. The van der Waals surface area contributed by atoms with Crippen molar-refractivity contribution < 1.29 is 13.2 Å². The Kier molecular flexibility index (Phi) is 2.29. The molecule has 5 heteroatoms. The molecule has 2 nitrogen and oxygen atoms in total. The molecule has 0 atom stereocenters. The van der Waals surface area contributed by atoms with Gasteiger partial charge in [0.15, 0.2) is 0 Å². The third-order valence-electron chi connectivity index (χ3n) is 1.99. The fraction of sp³-hybridized carbons (Fsp3) is 0.857. The van der Waals surface area contributed by atoms with E-state index in [1.54, 1.807) is 6.07 Å². The van der Waals surface area contributed by atoms with E-state index in [-0.39, 0.29) is 25.8 Å². The van der Waals surface area contributed by atoms with Gasteiger partial charge in [0.1, 0.15) is 5.54 Å². The first-order valence-electron chi connectivity index (χ1n) is 3.70. The lowest BCUT2D eigenvalue weighted by molar-refractivity contribution is -0.165. The molecule has 0 spiro atoms. The number of hydrogen-bond donors (Lipinski definition) is 1. The molecule has 0 unspecified atom stereocenters. The van der Waals surface area contributed by atoms with Gasteiger partial charge in [0.2, 0.25) is 0 Å². The second kappa shape index (κ2) is 2.94. The Morgan fingerprint density at radius 1 is 1.42 bits per heavy atom. The number of alkyl halides is 3. The maximum atomic E-state index is 12.2. The standard InChI is InChI=1S/C7H9F3N2/c8-7(9,10)6(2-3-6)12-5-1-4-11/h12H,1-3,5H2. The van der Waals surface area contributed by atoms with Crippen molar-refractivity contribution in [2.75, 3.05) is 6.54 Å². The van der Waals surface area contributed by atoms with Gasteiger partial charge in [0.05, 0.1) is 6.07 Å². The molecule has 68 valence electrons. The van der Waals surface area contributed by atoms with Crippen LogP contribution in [0, 0.1) is 11.3 Å². The van der Waals surface area contributed by atoms with E-state index < -0.39 is 11.7 Å². The molecule has 1 fully saturated rings. The molecule has 1 N–H and O–H groups in total. The van der Waals surface area contributed by atoms with Crippen LogP contribution in [0.3, 0.4) is 0 Å². The summed E-state index contributed by atoms with van der Waals surface area (Å²) in [7, 11) is 0. The van der Waals surface area contributed by atoms with Gasteiger partial charge in [-0.15, -0.1) is 0 Å². The molecule has 0 bridgehead atoms. The van der Waals surface area contributed by atoms with Crippen LogP contribution < -0.4 is 5.32 Å². The van der Waals surface area contributed by atoms with E-state index >= 15 is 0 Å². The zero-order valence-electron chi connectivity index (χ0n) is 6.41. The summed E-state index contributed by atoms with van der Waals surface area (Å²) in [5, 5.41) is 10.5. The number of rotatable bonds is 3. The number of nitrogens with one attached hydrogen (secondary N) is 1. The molecule has 1 aliphatic carbocycles. The van der Waals surface area contributed by atoms with Crippen molar-refractivity contribution in [1.82, 2.24) is 5.32 Å². The minimum Gasteiger partial charge on any atom is -0.303 e. The molecular formula is C7H9F3N2. The van der Waals surface area contributed by atoms with E-state index in [9.17, 15) is 13.2 Å². The summed E-state index contributed by atoms with van der Waals surface area (Å²) >= 11 is 0. The van der Waals surface area contributed by atoms with Crippen LogP contribution in [0.25, 0.3) is 0 Å². The Morgan fingerprint density at radius 2 is 2.00 bits per heavy atom. The van der Waals surface area contributed by atoms with Crippen molar-refractivity contribution in [1.29, 1.82) is 5.26 Å². The topological polar surface area (TPSA) is 35.8 Å². The van der Waals surface area contributed by atoms with E-state index in [4.69, 9.17) is 5.26 Å². The van der Waals surface area contributed by atoms with E-state index in [2.05, 4.69) is 5.32 Å². The van der Waals surface area contributed by atoms with Crippen molar-refractivity contribution in [3.05, 3.63) is 0 Å². The van der Waals surface area contributed by atoms with E-state index in [1.807, 2.05) is 0 Å². The fourth-order valence-corrected chi connectivity index (χ4v) is 1.04. The highest BCUT2D eigenvalue weighted by atomic mass is 19.4. The Labute approximate surface area is 68.4 Å². The summed E-state index contributed by atoms with van der Waals surface area (Å²) in [5.74, 6) is 0. The molecule has 0 aliphatic heterocycles. The van der Waals surface area contributed by atoms with Crippen LogP contribution in [0.1, 0.15) is 19.3 Å². The molecule has 0 saturated heterocycles. The number of nitriles is 1. The van der Waals surface area contributed by atoms with Gasteiger partial charge < -0.3 is 5.32 Å². The summed E-state index contributed by atoms with van der Waals surface area (Å²) < 4.78 is 36.5. The SMILES string of the molecule is N#CCCNC1(C(F)(F)F)CC1. The van der Waals surface area contributed by atoms with Crippen molar-refractivity contribution in [3.63, 3.8) is 0 Å². The van der Waals surface area contributed by atoms with E-state index in [0.717, 1.165) is 0 Å². The monoisotopic (exact) mass is 178 g/mol. The average molecular weight is 178 g/mol. The van der Waals surface area contributed by atoms with Crippen molar-refractivity contribution in [2.45, 2.75) is 31.0 Å². The van der Waals surface area contributed by atoms with Crippen molar-refractivity contribution in [2.24, 2.45) is 0 Å². The highest BCUT2D eigenvalue weighted by Crippen LogP contribution is 2.48. The van der Waals surface area contributed by atoms with Gasteiger partial charge in [-0.3, -0.25) is 0 Å². The lowest BCUT2D eigenvalue weighted by Crippen LogP contribution is -2.45. The first kappa shape index (κ1) is 9.33. The zero-order chi connectivity index (χ0) is 9.24. The third-order valence-corrected chi connectivity index (χ3v) is 1.99. The van der Waals surface area contributed by atoms with Gasteiger partial charge >= 0.3 is 6.18 Å². The summed E-state index contributed by atoms with van der Waals surface area (Å²) in [5.41, 5.74) is -1.66. The van der Waals surface area contributed by atoms with Crippen LogP contribution in [0.4, 0.5) is 13.2 Å². The second-order valence-electron chi connectivity index (χ2n) is 2.91. The molecular weight excluding hydrogens is 169 g/mol. The smallest absolute Gasteiger partial charge is 0.303 e. The second-order valence-corrected chi connectivity index (χ2v) is 2.91. The van der Waals surface area contributed by atoms with Crippen molar-refractivity contribution >= 4 is 0 Å². The predicted molar refractivity (Wildman–Crippen MR) is 36.3 cm³/mol. The van der Waals surface area contributed by atoms with Crippen LogP contribution in [-0.2, 0) is 0 Å². The highest BCUT2D eigenvalue weighted by Gasteiger charge is 2.62. The zero-order valence-corrected chi connectivity index (χ0v) is 6.41. The molecule has 1 aliphatic rings. The quantitative estimate of drug-likeness (QED) is 0.666. The maximum absolute atomic E-state index is 12.2. The van der Waals surface area contributed by atoms with Crippen LogP contribution in [0.2, 0.25) is 0 Å². The van der Waals surface area contributed by atoms with E-state index in [1.165, 1.54) is 0 Å². The number of hydrogen-bond acceptors (Lipinski definition) is 2. The third kappa shape index (κ3) is 1.69. The van der Waals surface area contributed by atoms with Crippen LogP contribution in [0.15, 0.2) is 0 Å². The van der Waals surface area contributed by atoms with Crippen molar-refractivity contribution in [3.8, 4) is 6.07 Å². The van der Waals surface area contributed by atoms with Crippen LogP contribution in [-0.4, -0.2) is 18.3 Å². The lowest BCUT2D eigenvalue weighted by atomic mass is 10.2. The first-order valence-corrected chi connectivity index (χ1v) is 3.70. The van der Waals surface area contributed by atoms with Gasteiger partial charge in [0, 0.05) is 13.0 Å². The molecule has 0 aromatic carbocycles. The first-order chi connectivity index (χ1) is 5.52. The number of halogens is 3. The lowest BCUT2D eigenvalue weighted by Gasteiger charge is -2.19. The van der Waals surface area contributed by atoms with Crippen LogP contribution in [0.5, 0.6) is 0 Å². The van der Waals surface area contributed by atoms with Gasteiger partial charge in [-0.25, -0.2) is 0 Å². The Bertz CT molecular complexity index is 200. The molecule has 0 aromatic rings. The van der Waals surface area contributed by atoms with Gasteiger partial charge in [0.25, 0.3) is 0 Å². The van der Waals surface area contributed by atoms with Gasteiger partial charge in [-0.2, -0.15) is 18.4 Å². The fourth-order valence-electron chi connectivity index (χ4n) is 1.04. The summed E-state index contributed by atoms with van der Waals surface area (Å²) in [6.45, 7) is 0.121. The van der Waals surface area contributed by atoms with E-state index in [0.29, 0.717) is 0 Å². The summed E-state index contributed by atoms with van der Waals surface area (Å²) in [6.07, 6.45) is -3.76. The molecule has 12 heavy (non-hydrogen) atoms. The minimum absolute atomic E-state index is 0.121. The van der Waals surface area contributed by atoms with Gasteiger partial charge in [-0.05, 0) is 12.8 Å². The molecule has 0 radical (unpaired) electrons.